The van der Waals surface area contributed by atoms with Crippen molar-refractivity contribution in [3.8, 4) is 21.6 Å². The molecule has 4 aromatic rings. The van der Waals surface area contributed by atoms with Gasteiger partial charge < -0.3 is 0 Å². The van der Waals surface area contributed by atoms with Gasteiger partial charge in [0.15, 0.2) is 0 Å². The predicted octanol–water partition coefficient (Wildman–Crippen LogP) is 5.03. The van der Waals surface area contributed by atoms with Crippen molar-refractivity contribution >= 4 is 21.4 Å². The lowest BCUT2D eigenvalue weighted by Gasteiger charge is -2.04. The maximum atomic E-state index is 4.18. The molecule has 0 aliphatic carbocycles. The molecule has 2 nitrogen and oxygen atoms in total. The topological polar surface area (TPSA) is 25.8 Å². The maximum Gasteiger partial charge on any atom is 0.115 e. The molecule has 3 heteroatoms. The number of hydrogen-bond acceptors (Lipinski definition) is 3. The van der Waals surface area contributed by atoms with Gasteiger partial charge in [0.2, 0.25) is 0 Å². The minimum atomic E-state index is 1.06. The van der Waals surface area contributed by atoms with Crippen molar-refractivity contribution in [3.05, 3.63) is 73.3 Å². The van der Waals surface area contributed by atoms with Crippen molar-refractivity contribution in [2.45, 2.75) is 0 Å². The monoisotopic (exact) mass is 288 g/mol. The molecule has 2 aromatic heterocycles. The molecule has 0 saturated heterocycles. The van der Waals surface area contributed by atoms with Crippen LogP contribution in [0.5, 0.6) is 0 Å². The first-order valence-corrected chi connectivity index (χ1v) is 7.57. The Hall–Kier alpha value is -2.52. The third-order valence-electron chi connectivity index (χ3n) is 3.48. The number of nitrogens with zero attached hydrogens (tertiary/aromatic N) is 2. The van der Waals surface area contributed by atoms with E-state index in [1.54, 1.807) is 6.33 Å². The number of aromatic nitrogens is 2. The standard InChI is InChI=1S/C18H12N2S/c1-2-6-13(7-3-1)18-17(14-10-19-12-20-11-14)15-8-4-5-9-16(15)21-18/h1-12H. The number of thiophene rings is 1. The molecule has 0 aliphatic rings. The van der Waals surface area contributed by atoms with Gasteiger partial charge in [-0.25, -0.2) is 9.97 Å². The lowest BCUT2D eigenvalue weighted by molar-refractivity contribution is 1.17. The zero-order valence-electron chi connectivity index (χ0n) is 11.2. The minimum Gasteiger partial charge on any atom is -0.244 e. The van der Waals surface area contributed by atoms with Crippen molar-refractivity contribution in [2.24, 2.45) is 0 Å². The van der Waals surface area contributed by atoms with Crippen LogP contribution in [0.1, 0.15) is 0 Å². The molecule has 100 valence electrons. The third kappa shape index (κ3) is 2.12. The Balaban J connectivity index is 2.07. The van der Waals surface area contributed by atoms with Crippen molar-refractivity contribution < 1.29 is 0 Å². The van der Waals surface area contributed by atoms with Crippen LogP contribution in [0.3, 0.4) is 0 Å². The number of benzene rings is 2. The van der Waals surface area contributed by atoms with E-state index in [0.717, 1.165) is 5.56 Å². The fourth-order valence-electron chi connectivity index (χ4n) is 2.55. The van der Waals surface area contributed by atoms with Crippen LogP contribution in [0.4, 0.5) is 0 Å². The molecule has 0 unspecified atom stereocenters. The van der Waals surface area contributed by atoms with Crippen molar-refractivity contribution in [2.75, 3.05) is 0 Å². The number of fused-ring (bicyclic) bond motifs is 1. The summed E-state index contributed by atoms with van der Waals surface area (Å²) in [7, 11) is 0. The van der Waals surface area contributed by atoms with E-state index >= 15 is 0 Å². The molecule has 0 aliphatic heterocycles. The molecule has 0 radical (unpaired) electrons. The van der Waals surface area contributed by atoms with Crippen LogP contribution in [0.15, 0.2) is 73.3 Å². The van der Waals surface area contributed by atoms with E-state index in [4.69, 9.17) is 0 Å². The van der Waals surface area contributed by atoms with Gasteiger partial charge in [-0.05, 0) is 11.6 Å². The summed E-state index contributed by atoms with van der Waals surface area (Å²) < 4.78 is 1.29. The van der Waals surface area contributed by atoms with E-state index in [1.807, 2.05) is 29.8 Å². The SMILES string of the molecule is c1ccc(-c2sc3ccccc3c2-c2cncnc2)cc1. The summed E-state index contributed by atoms with van der Waals surface area (Å²) in [6.07, 6.45) is 5.34. The molecule has 0 atom stereocenters. The van der Waals surface area contributed by atoms with Crippen LogP contribution in [-0.2, 0) is 0 Å². The summed E-state index contributed by atoms with van der Waals surface area (Å²) in [5.74, 6) is 0. The van der Waals surface area contributed by atoms with E-state index in [1.165, 1.54) is 26.1 Å². The molecular formula is C18H12N2S. The zero-order valence-corrected chi connectivity index (χ0v) is 12.0. The summed E-state index contributed by atoms with van der Waals surface area (Å²) in [5, 5.41) is 1.26. The van der Waals surface area contributed by atoms with E-state index in [0.29, 0.717) is 0 Å². The van der Waals surface area contributed by atoms with Crippen LogP contribution in [0.25, 0.3) is 31.7 Å². The highest BCUT2D eigenvalue weighted by molar-refractivity contribution is 7.23. The lowest BCUT2D eigenvalue weighted by Crippen LogP contribution is -1.83. The summed E-state index contributed by atoms with van der Waals surface area (Å²) >= 11 is 1.82. The quantitative estimate of drug-likeness (QED) is 0.517. The van der Waals surface area contributed by atoms with Gasteiger partial charge in [0.25, 0.3) is 0 Å². The average Bonchev–Trinajstić information content (AvgIpc) is 2.96. The highest BCUT2D eigenvalue weighted by atomic mass is 32.1. The van der Waals surface area contributed by atoms with E-state index in [9.17, 15) is 0 Å². The fraction of sp³-hybridized carbons (Fsp3) is 0. The van der Waals surface area contributed by atoms with Crippen LogP contribution < -0.4 is 0 Å². The molecule has 0 fully saturated rings. The first-order chi connectivity index (χ1) is 10.4. The second-order valence-corrected chi connectivity index (χ2v) is 5.85. The first kappa shape index (κ1) is 12.2. The second-order valence-electron chi connectivity index (χ2n) is 4.80. The third-order valence-corrected chi connectivity index (χ3v) is 4.70. The first-order valence-electron chi connectivity index (χ1n) is 6.76. The van der Waals surface area contributed by atoms with Gasteiger partial charge in [0.05, 0.1) is 0 Å². The Labute approximate surface area is 126 Å². The van der Waals surface area contributed by atoms with Gasteiger partial charge >= 0.3 is 0 Å². The molecule has 0 spiro atoms. The van der Waals surface area contributed by atoms with E-state index in [2.05, 4.69) is 58.5 Å². The van der Waals surface area contributed by atoms with Crippen LogP contribution >= 0.6 is 11.3 Å². The van der Waals surface area contributed by atoms with Crippen molar-refractivity contribution in [1.29, 1.82) is 0 Å². The fourth-order valence-corrected chi connectivity index (χ4v) is 3.78. The molecule has 0 N–H and O–H groups in total. The lowest BCUT2D eigenvalue weighted by atomic mass is 10.0. The molecule has 4 rings (SSSR count). The molecule has 2 aromatic carbocycles. The molecule has 0 saturated carbocycles. The van der Waals surface area contributed by atoms with Crippen LogP contribution in [0.2, 0.25) is 0 Å². The van der Waals surface area contributed by atoms with Gasteiger partial charge in [-0.2, -0.15) is 0 Å². The number of hydrogen-bond donors (Lipinski definition) is 0. The van der Waals surface area contributed by atoms with Gasteiger partial charge in [0, 0.05) is 38.5 Å². The largest absolute Gasteiger partial charge is 0.244 e. The maximum absolute atomic E-state index is 4.18. The molecule has 21 heavy (non-hydrogen) atoms. The molecule has 0 amide bonds. The normalized spacial score (nSPS) is 10.9. The van der Waals surface area contributed by atoms with Crippen molar-refractivity contribution in [1.82, 2.24) is 9.97 Å². The number of rotatable bonds is 2. The summed E-state index contributed by atoms with van der Waals surface area (Å²) in [4.78, 5) is 9.62. The Morgan fingerprint density at radius 2 is 1.43 bits per heavy atom. The average molecular weight is 288 g/mol. The Morgan fingerprint density at radius 3 is 2.24 bits per heavy atom. The Bertz CT molecular complexity index is 883. The Morgan fingerprint density at radius 1 is 0.714 bits per heavy atom. The Kier molecular flexibility index (Phi) is 2.98. The predicted molar refractivity (Wildman–Crippen MR) is 88.3 cm³/mol. The van der Waals surface area contributed by atoms with Gasteiger partial charge in [-0.15, -0.1) is 11.3 Å². The van der Waals surface area contributed by atoms with Crippen molar-refractivity contribution in [3.63, 3.8) is 0 Å². The molecule has 0 bridgehead atoms. The van der Waals surface area contributed by atoms with Gasteiger partial charge in [0.1, 0.15) is 6.33 Å². The second kappa shape index (κ2) is 5.11. The highest BCUT2D eigenvalue weighted by Crippen LogP contribution is 2.44. The summed E-state index contributed by atoms with van der Waals surface area (Å²) in [6.45, 7) is 0. The van der Waals surface area contributed by atoms with Crippen LogP contribution in [0, 0.1) is 0 Å². The molecule has 2 heterocycles. The van der Waals surface area contributed by atoms with Gasteiger partial charge in [-0.1, -0.05) is 48.5 Å². The van der Waals surface area contributed by atoms with E-state index in [-0.39, 0.29) is 0 Å². The highest BCUT2D eigenvalue weighted by Gasteiger charge is 2.15. The smallest absolute Gasteiger partial charge is 0.115 e. The van der Waals surface area contributed by atoms with Crippen LogP contribution in [-0.4, -0.2) is 9.97 Å². The van der Waals surface area contributed by atoms with Gasteiger partial charge in [-0.3, -0.25) is 0 Å². The zero-order chi connectivity index (χ0) is 14.1. The summed E-state index contributed by atoms with van der Waals surface area (Å²) in [6, 6.07) is 19.0. The van der Waals surface area contributed by atoms with E-state index < -0.39 is 0 Å². The summed E-state index contributed by atoms with van der Waals surface area (Å²) in [5.41, 5.74) is 3.52. The minimum absolute atomic E-state index is 1.06. The molecular weight excluding hydrogens is 276 g/mol.